The van der Waals surface area contributed by atoms with Gasteiger partial charge in [-0.2, -0.15) is 0 Å². The number of allylic oxidation sites excluding steroid dienone is 1. The highest BCUT2D eigenvalue weighted by molar-refractivity contribution is 5.82. The molecule has 1 fully saturated rings. The third-order valence-electron chi connectivity index (χ3n) is 4.01. The number of hydrogen-bond donors (Lipinski definition) is 2. The van der Waals surface area contributed by atoms with E-state index in [1.165, 1.54) is 11.1 Å². The molecule has 1 aliphatic heterocycles. The number of hydrogen-bond acceptors (Lipinski definition) is 3. The van der Waals surface area contributed by atoms with Crippen molar-refractivity contribution in [1.29, 1.82) is 0 Å². The highest BCUT2D eigenvalue weighted by Crippen LogP contribution is 2.46. The van der Waals surface area contributed by atoms with Crippen molar-refractivity contribution in [2.24, 2.45) is 16.1 Å². The van der Waals surface area contributed by atoms with E-state index in [2.05, 4.69) is 16.9 Å². The van der Waals surface area contributed by atoms with Crippen molar-refractivity contribution in [1.82, 2.24) is 5.32 Å². The van der Waals surface area contributed by atoms with E-state index < -0.39 is 0 Å². The number of rotatable bonds is 2. The number of aliphatic imine (C=N–C) groups is 1. The minimum atomic E-state index is 0.139. The summed E-state index contributed by atoms with van der Waals surface area (Å²) in [7, 11) is 1.81. The first kappa shape index (κ1) is 11.6. The zero-order chi connectivity index (χ0) is 11.6. The minimum Gasteiger partial charge on any atom is -0.323 e. The van der Waals surface area contributed by atoms with Gasteiger partial charge in [-0.3, -0.25) is 4.99 Å². The van der Waals surface area contributed by atoms with Crippen molar-refractivity contribution in [3.8, 4) is 0 Å². The summed E-state index contributed by atoms with van der Waals surface area (Å²) in [6, 6.07) is 0.139. The van der Waals surface area contributed by atoms with Gasteiger partial charge in [-0.15, -0.1) is 0 Å². The van der Waals surface area contributed by atoms with E-state index >= 15 is 0 Å². The Morgan fingerprint density at radius 2 is 2.19 bits per heavy atom. The smallest absolute Gasteiger partial charge is 0.0359 e. The molecule has 0 amide bonds. The lowest BCUT2D eigenvalue weighted by atomic mass is 9.73. The standard InChI is InChI=1S/C13H21N3/c1-3-11-10(9-15-2)8-13(12(11)14)4-6-16-7-5-13/h3,9,12,16H,1,4-8,14H2,2H3/b15-9-/t12-/m1/s1. The van der Waals surface area contributed by atoms with E-state index in [1.807, 2.05) is 19.3 Å². The highest BCUT2D eigenvalue weighted by Gasteiger charge is 2.44. The molecule has 1 spiro atoms. The van der Waals surface area contributed by atoms with Crippen LogP contribution in [0.1, 0.15) is 19.3 Å². The molecule has 0 bridgehead atoms. The van der Waals surface area contributed by atoms with Crippen molar-refractivity contribution in [3.05, 3.63) is 23.8 Å². The maximum atomic E-state index is 6.40. The third-order valence-corrected chi connectivity index (χ3v) is 4.01. The topological polar surface area (TPSA) is 50.4 Å². The molecule has 3 heteroatoms. The summed E-state index contributed by atoms with van der Waals surface area (Å²) in [6.45, 7) is 6.04. The molecule has 0 aromatic heterocycles. The zero-order valence-electron chi connectivity index (χ0n) is 10.00. The monoisotopic (exact) mass is 219 g/mol. The molecule has 1 atom stereocenters. The van der Waals surface area contributed by atoms with Gasteiger partial charge in [-0.1, -0.05) is 12.7 Å². The molecule has 2 rings (SSSR count). The summed E-state index contributed by atoms with van der Waals surface area (Å²) in [5, 5.41) is 3.40. The number of nitrogens with zero attached hydrogens (tertiary/aromatic N) is 1. The van der Waals surface area contributed by atoms with E-state index in [1.54, 1.807) is 0 Å². The lowest BCUT2D eigenvalue weighted by molar-refractivity contribution is 0.191. The Morgan fingerprint density at radius 1 is 1.50 bits per heavy atom. The second-order valence-electron chi connectivity index (χ2n) is 4.84. The van der Waals surface area contributed by atoms with E-state index in [0.717, 1.165) is 32.4 Å². The second-order valence-corrected chi connectivity index (χ2v) is 4.84. The molecular weight excluding hydrogens is 198 g/mol. The molecule has 0 aromatic rings. The molecule has 16 heavy (non-hydrogen) atoms. The third kappa shape index (κ3) is 1.74. The molecule has 0 aromatic carbocycles. The molecule has 0 unspecified atom stereocenters. The SMILES string of the molecule is C=CC1=C(/C=N\C)CC2(CCNCC2)[C@@H]1N. The van der Waals surface area contributed by atoms with Gasteiger partial charge < -0.3 is 11.1 Å². The largest absolute Gasteiger partial charge is 0.323 e. The quantitative estimate of drug-likeness (QED) is 0.687. The van der Waals surface area contributed by atoms with Crippen LogP contribution in [0.15, 0.2) is 28.8 Å². The summed E-state index contributed by atoms with van der Waals surface area (Å²) in [5.74, 6) is 0. The van der Waals surface area contributed by atoms with Crippen molar-refractivity contribution in [3.63, 3.8) is 0 Å². The van der Waals surface area contributed by atoms with Crippen molar-refractivity contribution in [2.45, 2.75) is 25.3 Å². The van der Waals surface area contributed by atoms with E-state index in [0.29, 0.717) is 0 Å². The number of nitrogens with one attached hydrogen (secondary N) is 1. The Balaban J connectivity index is 2.27. The first-order valence-electron chi connectivity index (χ1n) is 5.97. The molecule has 3 nitrogen and oxygen atoms in total. The van der Waals surface area contributed by atoms with Gasteiger partial charge in [0.25, 0.3) is 0 Å². The Labute approximate surface area is 97.5 Å². The predicted octanol–water partition coefficient (Wildman–Crippen LogP) is 1.27. The maximum Gasteiger partial charge on any atom is 0.0359 e. The van der Waals surface area contributed by atoms with Crippen LogP contribution in [-0.4, -0.2) is 32.4 Å². The van der Waals surface area contributed by atoms with E-state index in [4.69, 9.17) is 5.73 Å². The van der Waals surface area contributed by atoms with E-state index in [9.17, 15) is 0 Å². The molecule has 1 aliphatic carbocycles. The predicted molar refractivity (Wildman–Crippen MR) is 68.8 cm³/mol. The summed E-state index contributed by atoms with van der Waals surface area (Å²) in [6.07, 6.45) is 7.25. The van der Waals surface area contributed by atoms with Crippen LogP contribution in [0.2, 0.25) is 0 Å². The van der Waals surface area contributed by atoms with Gasteiger partial charge in [0, 0.05) is 19.3 Å². The van der Waals surface area contributed by atoms with Gasteiger partial charge in [0.1, 0.15) is 0 Å². The van der Waals surface area contributed by atoms with Crippen LogP contribution < -0.4 is 11.1 Å². The Morgan fingerprint density at radius 3 is 2.75 bits per heavy atom. The molecule has 88 valence electrons. The fourth-order valence-corrected chi connectivity index (χ4v) is 3.07. The summed E-state index contributed by atoms with van der Waals surface area (Å²) in [5.41, 5.74) is 9.14. The Kier molecular flexibility index (Phi) is 3.26. The Hall–Kier alpha value is -0.930. The molecule has 3 N–H and O–H groups in total. The second kappa shape index (κ2) is 4.52. The first-order chi connectivity index (χ1) is 7.73. The Bertz CT molecular complexity index is 335. The summed E-state index contributed by atoms with van der Waals surface area (Å²) < 4.78 is 0. The minimum absolute atomic E-state index is 0.139. The van der Waals surface area contributed by atoms with Crippen LogP contribution in [0.4, 0.5) is 0 Å². The number of piperidine rings is 1. The lowest BCUT2D eigenvalue weighted by Crippen LogP contribution is -2.46. The van der Waals surface area contributed by atoms with Gasteiger partial charge in [-0.25, -0.2) is 0 Å². The summed E-state index contributed by atoms with van der Waals surface area (Å²) in [4.78, 5) is 4.13. The van der Waals surface area contributed by atoms with Gasteiger partial charge in [-0.05, 0) is 48.9 Å². The first-order valence-corrected chi connectivity index (χ1v) is 5.97. The van der Waals surface area contributed by atoms with Crippen molar-refractivity contribution in [2.75, 3.05) is 20.1 Å². The molecule has 1 heterocycles. The highest BCUT2D eigenvalue weighted by atomic mass is 14.9. The zero-order valence-corrected chi connectivity index (χ0v) is 10.00. The van der Waals surface area contributed by atoms with Crippen LogP contribution in [0.25, 0.3) is 0 Å². The van der Waals surface area contributed by atoms with Gasteiger partial charge in [0.2, 0.25) is 0 Å². The van der Waals surface area contributed by atoms with Crippen LogP contribution in [-0.2, 0) is 0 Å². The molecular formula is C13H21N3. The fourth-order valence-electron chi connectivity index (χ4n) is 3.07. The number of nitrogens with two attached hydrogens (primary N) is 1. The average Bonchev–Trinajstić information content (AvgIpc) is 2.54. The fraction of sp³-hybridized carbons (Fsp3) is 0.615. The van der Waals surface area contributed by atoms with Crippen LogP contribution in [0, 0.1) is 5.41 Å². The van der Waals surface area contributed by atoms with Gasteiger partial charge in [0.15, 0.2) is 0 Å². The normalized spacial score (nSPS) is 29.2. The lowest BCUT2D eigenvalue weighted by Gasteiger charge is -2.38. The summed E-state index contributed by atoms with van der Waals surface area (Å²) >= 11 is 0. The molecule has 1 saturated heterocycles. The van der Waals surface area contributed by atoms with Crippen molar-refractivity contribution < 1.29 is 0 Å². The van der Waals surface area contributed by atoms with Gasteiger partial charge in [0.05, 0.1) is 0 Å². The molecule has 2 aliphatic rings. The molecule has 0 saturated carbocycles. The van der Waals surface area contributed by atoms with Crippen LogP contribution >= 0.6 is 0 Å². The van der Waals surface area contributed by atoms with Crippen LogP contribution in [0.3, 0.4) is 0 Å². The van der Waals surface area contributed by atoms with Crippen LogP contribution in [0.5, 0.6) is 0 Å². The van der Waals surface area contributed by atoms with Gasteiger partial charge >= 0.3 is 0 Å². The average molecular weight is 219 g/mol. The maximum absolute atomic E-state index is 6.40. The molecule has 0 radical (unpaired) electrons. The van der Waals surface area contributed by atoms with Crippen molar-refractivity contribution >= 4 is 6.21 Å². The van der Waals surface area contributed by atoms with E-state index in [-0.39, 0.29) is 11.5 Å².